The lowest BCUT2D eigenvalue weighted by Crippen LogP contribution is -2.40. The van der Waals surface area contributed by atoms with Crippen LogP contribution in [0.4, 0.5) is 23.1 Å². The number of aromatic nitrogens is 2. The van der Waals surface area contributed by atoms with E-state index in [1.54, 1.807) is 25.1 Å². The zero-order chi connectivity index (χ0) is 35.1. The normalized spacial score (nSPS) is 19.9. The molecular weight excluding hydrogens is 488 g/mol. The highest BCUT2D eigenvalue weighted by molar-refractivity contribution is 7.89. The maximum atomic E-state index is 13.2. The van der Waals surface area contributed by atoms with Gasteiger partial charge in [-0.1, -0.05) is 6.07 Å². The molecule has 1 saturated heterocycles. The summed E-state index contributed by atoms with van der Waals surface area (Å²) in [6, 6.07) is 11.5. The summed E-state index contributed by atoms with van der Waals surface area (Å²) in [5.74, 6) is 0.583. The number of likely N-dealkylation sites (tertiary alicyclic amines) is 1. The van der Waals surface area contributed by atoms with Crippen molar-refractivity contribution in [2.75, 3.05) is 36.8 Å². The molecule has 9 nitrogen and oxygen atoms in total. The van der Waals surface area contributed by atoms with Crippen molar-refractivity contribution in [3.8, 4) is 5.75 Å². The van der Waals surface area contributed by atoms with Crippen LogP contribution in [-0.4, -0.2) is 55.0 Å². The van der Waals surface area contributed by atoms with Gasteiger partial charge in [0.1, 0.15) is 18.1 Å². The Labute approximate surface area is 233 Å². The Kier molecular flexibility index (Phi) is 5.14. The van der Waals surface area contributed by atoms with Crippen molar-refractivity contribution in [3.63, 3.8) is 0 Å². The number of hydrogen-bond acceptors (Lipinski definition) is 8. The van der Waals surface area contributed by atoms with Gasteiger partial charge < -0.3 is 15.4 Å². The second-order valence-corrected chi connectivity index (χ2v) is 10.5. The van der Waals surface area contributed by atoms with Crippen LogP contribution in [0.25, 0.3) is 0 Å². The Hall–Kier alpha value is -3.21. The minimum atomic E-state index is -4.60. The summed E-state index contributed by atoms with van der Waals surface area (Å²) in [6.45, 7) is -7.84. The molecule has 1 aromatic heterocycles. The largest absolute Gasteiger partial charge is 0.492 e. The Morgan fingerprint density at radius 1 is 1.11 bits per heavy atom. The average molecular weight is 535 g/mol. The Bertz CT molecular complexity index is 1670. The summed E-state index contributed by atoms with van der Waals surface area (Å²) in [6.07, 6.45) is 3.11. The molecule has 0 aliphatic carbocycles. The van der Waals surface area contributed by atoms with Crippen LogP contribution < -0.4 is 20.1 Å². The predicted octanol–water partition coefficient (Wildman–Crippen LogP) is 4.82. The molecule has 1 fully saturated rings. The Morgan fingerprint density at radius 3 is 2.59 bits per heavy atom. The zero-order valence-electron chi connectivity index (χ0n) is 30.5. The summed E-state index contributed by atoms with van der Waals surface area (Å²) in [5.41, 5.74) is -1.38. The van der Waals surface area contributed by atoms with E-state index in [1.807, 2.05) is 4.72 Å². The number of anilines is 4. The van der Waals surface area contributed by atoms with Crippen LogP contribution in [-0.2, 0) is 10.0 Å². The first-order valence-corrected chi connectivity index (χ1v) is 13.1. The first-order chi connectivity index (χ1) is 21.6. The van der Waals surface area contributed by atoms with Crippen molar-refractivity contribution in [3.05, 3.63) is 60.3 Å². The second-order valence-electron chi connectivity index (χ2n) is 8.77. The highest BCUT2D eigenvalue weighted by atomic mass is 32.2. The molecule has 1 aliphatic heterocycles. The van der Waals surface area contributed by atoms with E-state index in [0.717, 1.165) is 19.8 Å². The van der Waals surface area contributed by atoms with Crippen molar-refractivity contribution in [1.82, 2.24) is 19.6 Å². The average Bonchev–Trinajstić information content (AvgIpc) is 3.51. The molecule has 3 aromatic rings. The monoisotopic (exact) mass is 534 g/mol. The minimum absolute atomic E-state index is 0.123. The predicted molar refractivity (Wildman–Crippen MR) is 147 cm³/mol. The van der Waals surface area contributed by atoms with Gasteiger partial charge >= 0.3 is 0 Å². The molecule has 0 radical (unpaired) electrons. The van der Waals surface area contributed by atoms with Gasteiger partial charge in [0.25, 0.3) is 0 Å². The van der Waals surface area contributed by atoms with Crippen LogP contribution in [0.3, 0.4) is 0 Å². The number of aryl methyl sites for hydroxylation is 1. The smallest absolute Gasteiger partial charge is 0.241 e. The first kappa shape index (κ1) is 16.6. The van der Waals surface area contributed by atoms with Gasteiger partial charge in [-0.15, -0.1) is 0 Å². The van der Waals surface area contributed by atoms with Crippen molar-refractivity contribution < 1.29 is 26.9 Å². The van der Waals surface area contributed by atoms with Gasteiger partial charge in [-0.25, -0.2) is 18.1 Å². The molecule has 0 unspecified atom stereocenters. The number of rotatable bonds is 10. The summed E-state index contributed by atoms with van der Waals surface area (Å²) in [4.78, 5) is 9.77. The molecule has 1 aliphatic rings. The molecule has 0 amide bonds. The molecule has 10 heteroatoms. The Morgan fingerprint density at radius 2 is 1.86 bits per heavy atom. The molecule has 0 saturated carbocycles. The van der Waals surface area contributed by atoms with E-state index < -0.39 is 42.3 Å². The van der Waals surface area contributed by atoms with E-state index in [4.69, 9.17) is 18.4 Å². The van der Waals surface area contributed by atoms with Gasteiger partial charge in [0.15, 0.2) is 0 Å². The molecular formula is C27H36N6O3S. The fraction of sp³-hybridized carbons (Fsp3) is 0.407. The number of ether oxygens (including phenoxy) is 1. The van der Waals surface area contributed by atoms with Crippen LogP contribution in [0.15, 0.2) is 59.6 Å². The van der Waals surface area contributed by atoms with Crippen molar-refractivity contribution >= 4 is 33.2 Å². The number of hydrogen-bond donors (Lipinski definition) is 3. The van der Waals surface area contributed by atoms with Gasteiger partial charge in [-0.05, 0) is 95.9 Å². The third-order valence-corrected chi connectivity index (χ3v) is 6.86. The van der Waals surface area contributed by atoms with Gasteiger partial charge in [0, 0.05) is 46.1 Å². The van der Waals surface area contributed by atoms with Crippen LogP contribution in [0.1, 0.15) is 52.7 Å². The molecule has 3 N–H and O–H groups in total. The fourth-order valence-corrected chi connectivity index (χ4v) is 4.74. The standard InChI is InChI=1S/C27H36N6O3S/c1-20-19-28-26(30-21-10-12-23(13-11-21)36-17-16-33-14-5-6-15-33)31-25(20)29-22-8-7-9-24(18-22)37(34,35)32-27(2,3)4/h7-13,18-19,32H,5-6,14-17H2,1-4H3,(H2,28,29,30,31)/i2D3,3D3,16D2,17D2. The lowest BCUT2D eigenvalue weighted by Gasteiger charge is -2.20. The molecule has 198 valence electrons. The van der Waals surface area contributed by atoms with E-state index in [-0.39, 0.29) is 22.3 Å². The molecule has 0 atom stereocenters. The number of sulfonamides is 1. The third-order valence-electron chi connectivity index (χ3n) is 5.31. The van der Waals surface area contributed by atoms with E-state index >= 15 is 0 Å². The highest BCUT2D eigenvalue weighted by Crippen LogP contribution is 2.24. The lowest BCUT2D eigenvalue weighted by atomic mass is 10.1. The molecule has 0 bridgehead atoms. The topological polar surface area (TPSA) is 108 Å². The molecule has 2 aromatic carbocycles. The number of nitrogens with one attached hydrogen (secondary N) is 3. The van der Waals surface area contributed by atoms with Gasteiger partial charge in [0.05, 0.1) is 7.64 Å². The molecule has 37 heavy (non-hydrogen) atoms. The van der Waals surface area contributed by atoms with Crippen molar-refractivity contribution in [2.24, 2.45) is 0 Å². The molecule has 2 heterocycles. The van der Waals surface area contributed by atoms with Gasteiger partial charge in [0.2, 0.25) is 16.0 Å². The van der Waals surface area contributed by atoms with E-state index in [9.17, 15) is 8.42 Å². The maximum Gasteiger partial charge on any atom is 0.241 e. The van der Waals surface area contributed by atoms with E-state index in [1.165, 1.54) is 41.4 Å². The fourth-order valence-electron chi connectivity index (χ4n) is 3.54. The highest BCUT2D eigenvalue weighted by Gasteiger charge is 2.22. The quantitative estimate of drug-likeness (QED) is 0.340. The third kappa shape index (κ3) is 7.88. The molecule has 0 spiro atoms. The lowest BCUT2D eigenvalue weighted by molar-refractivity contribution is 0.238. The maximum absolute atomic E-state index is 13.2. The van der Waals surface area contributed by atoms with Crippen LogP contribution in [0.2, 0.25) is 0 Å². The number of nitrogens with zero attached hydrogens (tertiary/aromatic N) is 3. The SMILES string of the molecule is [2H]C([2H])([2H])C(C)(NS(=O)(=O)c1cccc(Nc2nc(Nc3ccc(OC([2H])([2H])C([2H])([2H])N4CCCC4)cc3)ncc2C)c1)C([2H])([2H])[2H]. The van der Waals surface area contributed by atoms with Crippen LogP contribution in [0.5, 0.6) is 5.75 Å². The summed E-state index contributed by atoms with van der Waals surface area (Å²) in [5, 5.41) is 6.01. The summed E-state index contributed by atoms with van der Waals surface area (Å²) in [7, 11) is -4.60. The minimum Gasteiger partial charge on any atom is -0.492 e. The van der Waals surface area contributed by atoms with Crippen LogP contribution in [0, 0.1) is 6.92 Å². The number of benzene rings is 2. The van der Waals surface area contributed by atoms with Crippen molar-refractivity contribution in [2.45, 2.75) is 50.8 Å². The Balaban J connectivity index is 1.48. The van der Waals surface area contributed by atoms with E-state index in [0.29, 0.717) is 30.2 Å². The van der Waals surface area contributed by atoms with Gasteiger partial charge in [-0.3, -0.25) is 4.90 Å². The first-order valence-electron chi connectivity index (χ1n) is 16.6. The van der Waals surface area contributed by atoms with Crippen molar-refractivity contribution in [1.29, 1.82) is 0 Å². The second kappa shape index (κ2) is 11.5. The van der Waals surface area contributed by atoms with Gasteiger partial charge in [-0.2, -0.15) is 4.98 Å². The summed E-state index contributed by atoms with van der Waals surface area (Å²) < 4.78 is 113. The zero-order valence-corrected chi connectivity index (χ0v) is 21.3. The van der Waals surface area contributed by atoms with Crippen LogP contribution >= 0.6 is 0 Å². The van der Waals surface area contributed by atoms with E-state index in [2.05, 4.69) is 20.6 Å². The molecule has 4 rings (SSSR count). The summed E-state index contributed by atoms with van der Waals surface area (Å²) >= 11 is 0.